The predicted octanol–water partition coefficient (Wildman–Crippen LogP) is 5.48. The second-order valence-corrected chi connectivity index (χ2v) is 7.79. The number of thiazole rings is 1. The van der Waals surface area contributed by atoms with Gasteiger partial charge in [0.25, 0.3) is 0 Å². The van der Waals surface area contributed by atoms with E-state index in [-0.39, 0.29) is 18.1 Å². The second-order valence-electron chi connectivity index (χ2n) is 6.72. The maximum absolute atomic E-state index is 13.6. The molecule has 1 fully saturated rings. The van der Waals surface area contributed by atoms with E-state index in [9.17, 15) is 9.18 Å². The first-order valence-corrected chi connectivity index (χ1v) is 10.1. The van der Waals surface area contributed by atoms with E-state index in [1.165, 1.54) is 17.1 Å². The number of rotatable bonds is 4. The van der Waals surface area contributed by atoms with Gasteiger partial charge in [-0.2, -0.15) is 0 Å². The van der Waals surface area contributed by atoms with Crippen molar-refractivity contribution >= 4 is 41.1 Å². The maximum atomic E-state index is 13.6. The Bertz CT molecular complexity index is 957. The molecule has 152 valence electrons. The Morgan fingerprint density at radius 2 is 1.79 bits per heavy atom. The molecule has 29 heavy (non-hydrogen) atoms. The number of carbonyl (C=O) groups excluding carboxylic acids is 1. The van der Waals surface area contributed by atoms with Gasteiger partial charge in [0.2, 0.25) is 0 Å². The summed E-state index contributed by atoms with van der Waals surface area (Å²) in [5.41, 5.74) is 1.85. The fourth-order valence-corrected chi connectivity index (χ4v) is 4.34. The van der Waals surface area contributed by atoms with Gasteiger partial charge < -0.3 is 16.0 Å². The molecule has 3 aromatic rings. The lowest BCUT2D eigenvalue weighted by Gasteiger charge is -2.20. The lowest BCUT2D eigenvalue weighted by Crippen LogP contribution is -2.26. The summed E-state index contributed by atoms with van der Waals surface area (Å²) in [4.78, 5) is 17.8. The number of carbonyl (C=O) groups is 1. The largest absolute Gasteiger partial charge is 0.323 e. The van der Waals surface area contributed by atoms with E-state index in [2.05, 4.69) is 20.9 Å². The van der Waals surface area contributed by atoms with Crippen molar-refractivity contribution in [2.45, 2.75) is 18.8 Å². The fourth-order valence-electron chi connectivity index (χ4n) is 3.24. The molecule has 2 heterocycles. The van der Waals surface area contributed by atoms with E-state index >= 15 is 0 Å². The molecule has 3 N–H and O–H groups in total. The third kappa shape index (κ3) is 5.32. The van der Waals surface area contributed by atoms with Crippen LogP contribution in [0.25, 0.3) is 10.4 Å². The lowest BCUT2D eigenvalue weighted by molar-refractivity contribution is 0.262. The molecule has 1 aliphatic heterocycles. The number of nitrogens with zero attached hydrogens (tertiary/aromatic N) is 1. The quantitative estimate of drug-likeness (QED) is 0.511. The Hall–Kier alpha value is -2.48. The summed E-state index contributed by atoms with van der Waals surface area (Å²) in [6.07, 6.45) is 4.19. The third-order valence-electron chi connectivity index (χ3n) is 4.76. The van der Waals surface area contributed by atoms with Gasteiger partial charge >= 0.3 is 6.03 Å². The number of para-hydroxylation sites is 1. The van der Waals surface area contributed by atoms with Crippen LogP contribution < -0.4 is 16.0 Å². The minimum Gasteiger partial charge on any atom is -0.317 e. The Balaban J connectivity index is 0.00000240. The van der Waals surface area contributed by atoms with Crippen LogP contribution in [0.2, 0.25) is 0 Å². The van der Waals surface area contributed by atoms with Gasteiger partial charge in [0.1, 0.15) is 5.82 Å². The lowest BCUT2D eigenvalue weighted by atomic mass is 9.99. The summed E-state index contributed by atoms with van der Waals surface area (Å²) in [5.74, 6) is 0.0748. The number of hydrogen-bond acceptors (Lipinski definition) is 4. The minimum absolute atomic E-state index is 0. The number of nitrogens with one attached hydrogen (secondary N) is 3. The van der Waals surface area contributed by atoms with Crippen molar-refractivity contribution in [3.05, 3.63) is 65.6 Å². The first-order valence-electron chi connectivity index (χ1n) is 9.28. The van der Waals surface area contributed by atoms with Crippen LogP contribution in [0, 0.1) is 5.82 Å². The Morgan fingerprint density at radius 1 is 1.07 bits per heavy atom. The molecule has 8 heteroatoms. The van der Waals surface area contributed by atoms with Crippen LogP contribution in [0.5, 0.6) is 0 Å². The molecule has 1 aliphatic rings. The summed E-state index contributed by atoms with van der Waals surface area (Å²) in [7, 11) is 0. The van der Waals surface area contributed by atoms with Gasteiger partial charge in [0, 0.05) is 17.8 Å². The molecule has 0 spiro atoms. The zero-order chi connectivity index (χ0) is 19.3. The maximum Gasteiger partial charge on any atom is 0.323 e. The van der Waals surface area contributed by atoms with Crippen LogP contribution in [0.15, 0.2) is 54.7 Å². The number of benzene rings is 2. The predicted molar refractivity (Wildman–Crippen MR) is 119 cm³/mol. The van der Waals surface area contributed by atoms with Crippen LogP contribution in [0.3, 0.4) is 0 Å². The standard InChI is InChI=1S/C21H21FN4OS.ClH/c22-17-3-1-2-4-18(17)26-21(27)25-16-7-5-14(6-8-16)19-13-24-20(28-19)15-9-11-23-12-10-15;/h1-8,13,15,23H,9-12H2,(H2,25,26,27);1H. The summed E-state index contributed by atoms with van der Waals surface area (Å²) >= 11 is 1.74. The van der Waals surface area contributed by atoms with E-state index in [0.29, 0.717) is 11.6 Å². The zero-order valence-corrected chi connectivity index (χ0v) is 17.3. The van der Waals surface area contributed by atoms with Gasteiger partial charge in [-0.25, -0.2) is 14.2 Å². The van der Waals surface area contributed by atoms with Crippen molar-refractivity contribution in [2.75, 3.05) is 23.7 Å². The molecule has 2 aromatic carbocycles. The van der Waals surface area contributed by atoms with Gasteiger partial charge in [-0.3, -0.25) is 0 Å². The SMILES string of the molecule is Cl.O=C(Nc1ccc(-c2cnc(C3CCNCC3)s2)cc1)Nc1ccccc1F. The van der Waals surface area contributed by atoms with Gasteiger partial charge in [0.15, 0.2) is 0 Å². The number of urea groups is 1. The molecule has 0 aliphatic carbocycles. The van der Waals surface area contributed by atoms with Crippen molar-refractivity contribution in [2.24, 2.45) is 0 Å². The van der Waals surface area contributed by atoms with Gasteiger partial charge in [-0.05, 0) is 55.8 Å². The summed E-state index contributed by atoms with van der Waals surface area (Å²) in [6.45, 7) is 2.10. The highest BCUT2D eigenvalue weighted by Gasteiger charge is 2.18. The van der Waals surface area contributed by atoms with Crippen LogP contribution in [0.4, 0.5) is 20.6 Å². The smallest absolute Gasteiger partial charge is 0.317 e. The summed E-state index contributed by atoms with van der Waals surface area (Å²) in [5, 5.41) is 9.80. The number of piperidine rings is 1. The van der Waals surface area contributed by atoms with Crippen LogP contribution in [-0.4, -0.2) is 24.1 Å². The van der Waals surface area contributed by atoms with Gasteiger partial charge in [-0.15, -0.1) is 23.7 Å². The van der Waals surface area contributed by atoms with Crippen molar-refractivity contribution in [3.63, 3.8) is 0 Å². The molecule has 5 nitrogen and oxygen atoms in total. The summed E-state index contributed by atoms with van der Waals surface area (Å²) < 4.78 is 13.6. The Kier molecular flexibility index (Phi) is 7.19. The van der Waals surface area contributed by atoms with Crippen molar-refractivity contribution < 1.29 is 9.18 Å². The molecule has 1 aromatic heterocycles. The van der Waals surface area contributed by atoms with Crippen LogP contribution >= 0.6 is 23.7 Å². The van der Waals surface area contributed by atoms with E-state index in [1.54, 1.807) is 23.5 Å². The number of hydrogen-bond donors (Lipinski definition) is 3. The van der Waals surface area contributed by atoms with Crippen molar-refractivity contribution in [1.29, 1.82) is 0 Å². The van der Waals surface area contributed by atoms with Crippen molar-refractivity contribution in [3.8, 4) is 10.4 Å². The molecule has 1 saturated heterocycles. The first-order chi connectivity index (χ1) is 13.7. The van der Waals surface area contributed by atoms with E-state index in [4.69, 9.17) is 0 Å². The molecule has 4 rings (SSSR count). The van der Waals surface area contributed by atoms with Crippen molar-refractivity contribution in [1.82, 2.24) is 10.3 Å². The average Bonchev–Trinajstić information content (AvgIpc) is 3.21. The van der Waals surface area contributed by atoms with Gasteiger partial charge in [-0.1, -0.05) is 24.3 Å². The van der Waals surface area contributed by atoms with Crippen LogP contribution in [0.1, 0.15) is 23.8 Å². The first kappa shape index (κ1) is 21.2. The monoisotopic (exact) mass is 432 g/mol. The minimum atomic E-state index is -0.483. The van der Waals surface area contributed by atoms with E-state index in [0.717, 1.165) is 36.4 Å². The number of halogens is 2. The topological polar surface area (TPSA) is 66.0 Å². The average molecular weight is 433 g/mol. The second kappa shape index (κ2) is 9.82. The highest BCUT2D eigenvalue weighted by molar-refractivity contribution is 7.15. The molecular formula is C21H22ClFN4OS. The molecule has 0 bridgehead atoms. The molecule has 0 atom stereocenters. The fraction of sp³-hybridized carbons (Fsp3) is 0.238. The van der Waals surface area contributed by atoms with Crippen LogP contribution in [-0.2, 0) is 0 Å². The third-order valence-corrected chi connectivity index (χ3v) is 5.97. The Morgan fingerprint density at radius 3 is 2.52 bits per heavy atom. The Labute approximate surface area is 179 Å². The molecule has 0 unspecified atom stereocenters. The molecule has 0 radical (unpaired) electrons. The molecular weight excluding hydrogens is 411 g/mol. The highest BCUT2D eigenvalue weighted by atomic mass is 35.5. The normalized spacial score (nSPS) is 14.1. The summed E-state index contributed by atoms with van der Waals surface area (Å²) in [6, 6.07) is 13.2. The number of amides is 2. The van der Waals surface area contributed by atoms with E-state index in [1.807, 2.05) is 30.5 Å². The van der Waals surface area contributed by atoms with Gasteiger partial charge in [0.05, 0.1) is 15.6 Å². The highest BCUT2D eigenvalue weighted by Crippen LogP contribution is 2.34. The number of aromatic nitrogens is 1. The van der Waals surface area contributed by atoms with E-state index < -0.39 is 11.8 Å². The molecule has 0 saturated carbocycles. The molecule has 2 amide bonds. The number of anilines is 2. The zero-order valence-electron chi connectivity index (χ0n) is 15.7.